The van der Waals surface area contributed by atoms with E-state index in [9.17, 15) is 9.59 Å². The number of amides is 2. The topological polar surface area (TPSA) is 71.5 Å². The Kier molecular flexibility index (Phi) is 5.71. The molecule has 0 saturated carbocycles. The van der Waals surface area contributed by atoms with Gasteiger partial charge in [-0.2, -0.15) is 0 Å². The molecule has 0 aliphatic heterocycles. The molecular formula is C20H21N3O3S. The van der Waals surface area contributed by atoms with Crippen LogP contribution in [0, 0.1) is 0 Å². The first-order valence-corrected chi connectivity index (χ1v) is 9.53. The van der Waals surface area contributed by atoms with Gasteiger partial charge < -0.3 is 9.64 Å². The standard InChI is InChI=1S/C20H21N3O3S/c1-4-23(3)19(25)14-8-6-7-13(11-14)18(24)22-20-21-16-10-9-15(26-5-2)12-17(16)27-20/h6-12H,4-5H2,1-3H3,(H,21,22,24). The highest BCUT2D eigenvalue weighted by molar-refractivity contribution is 7.22. The maximum atomic E-state index is 12.6. The van der Waals surface area contributed by atoms with Crippen LogP contribution in [0.5, 0.6) is 5.75 Å². The van der Waals surface area contributed by atoms with Crippen molar-refractivity contribution in [1.29, 1.82) is 0 Å². The molecule has 1 aromatic heterocycles. The highest BCUT2D eigenvalue weighted by Crippen LogP contribution is 2.29. The van der Waals surface area contributed by atoms with E-state index in [2.05, 4.69) is 10.3 Å². The van der Waals surface area contributed by atoms with Crippen LogP contribution < -0.4 is 10.1 Å². The average molecular weight is 383 g/mol. The minimum absolute atomic E-state index is 0.115. The molecule has 0 fully saturated rings. The van der Waals surface area contributed by atoms with Crippen molar-refractivity contribution in [2.45, 2.75) is 13.8 Å². The summed E-state index contributed by atoms with van der Waals surface area (Å²) in [5.74, 6) is 0.362. The number of rotatable bonds is 6. The molecule has 0 atom stereocenters. The summed E-state index contributed by atoms with van der Waals surface area (Å²) < 4.78 is 6.43. The summed E-state index contributed by atoms with van der Waals surface area (Å²) in [5.41, 5.74) is 1.70. The van der Waals surface area contributed by atoms with Crippen LogP contribution in [0.1, 0.15) is 34.6 Å². The predicted octanol–water partition coefficient (Wildman–Crippen LogP) is 4.04. The number of aromatic nitrogens is 1. The van der Waals surface area contributed by atoms with Crippen molar-refractivity contribution >= 4 is 38.5 Å². The molecule has 3 aromatic rings. The average Bonchev–Trinajstić information content (AvgIpc) is 3.08. The number of anilines is 1. The molecule has 7 heteroatoms. The van der Waals surface area contributed by atoms with Gasteiger partial charge in [0.2, 0.25) is 0 Å². The largest absolute Gasteiger partial charge is 0.494 e. The van der Waals surface area contributed by atoms with Gasteiger partial charge in [-0.3, -0.25) is 14.9 Å². The maximum Gasteiger partial charge on any atom is 0.257 e. The molecule has 27 heavy (non-hydrogen) atoms. The number of nitrogens with zero attached hydrogens (tertiary/aromatic N) is 2. The zero-order valence-electron chi connectivity index (χ0n) is 15.5. The summed E-state index contributed by atoms with van der Waals surface area (Å²) in [6.07, 6.45) is 0. The summed E-state index contributed by atoms with van der Waals surface area (Å²) in [6, 6.07) is 12.3. The first-order chi connectivity index (χ1) is 13.0. The third-order valence-corrected chi connectivity index (χ3v) is 5.02. The smallest absolute Gasteiger partial charge is 0.257 e. The Morgan fingerprint density at radius 3 is 2.67 bits per heavy atom. The minimum Gasteiger partial charge on any atom is -0.494 e. The van der Waals surface area contributed by atoms with Gasteiger partial charge in [-0.25, -0.2) is 4.98 Å². The number of ether oxygens (including phenoxy) is 1. The van der Waals surface area contributed by atoms with E-state index in [0.29, 0.717) is 29.4 Å². The summed E-state index contributed by atoms with van der Waals surface area (Å²) in [4.78, 5) is 30.9. The molecule has 1 heterocycles. The van der Waals surface area contributed by atoms with Gasteiger partial charge in [-0.1, -0.05) is 17.4 Å². The third kappa shape index (κ3) is 4.25. The van der Waals surface area contributed by atoms with Crippen molar-refractivity contribution in [1.82, 2.24) is 9.88 Å². The van der Waals surface area contributed by atoms with Crippen LogP contribution >= 0.6 is 11.3 Å². The molecule has 6 nitrogen and oxygen atoms in total. The van der Waals surface area contributed by atoms with Crippen LogP contribution in [-0.4, -0.2) is 41.9 Å². The molecule has 0 radical (unpaired) electrons. The predicted molar refractivity (Wildman–Crippen MR) is 108 cm³/mol. The number of carbonyl (C=O) groups is 2. The van der Waals surface area contributed by atoms with E-state index >= 15 is 0 Å². The van der Waals surface area contributed by atoms with E-state index in [-0.39, 0.29) is 11.8 Å². The van der Waals surface area contributed by atoms with Crippen LogP contribution in [0.4, 0.5) is 5.13 Å². The van der Waals surface area contributed by atoms with Crippen molar-refractivity contribution in [3.8, 4) is 5.75 Å². The van der Waals surface area contributed by atoms with Crippen molar-refractivity contribution in [2.24, 2.45) is 0 Å². The normalized spacial score (nSPS) is 10.6. The zero-order chi connectivity index (χ0) is 19.4. The number of fused-ring (bicyclic) bond motifs is 1. The Morgan fingerprint density at radius 2 is 1.93 bits per heavy atom. The van der Waals surface area contributed by atoms with Crippen LogP contribution in [0.3, 0.4) is 0 Å². The van der Waals surface area contributed by atoms with Gasteiger partial charge in [0.05, 0.1) is 16.8 Å². The Balaban J connectivity index is 1.79. The molecule has 3 rings (SSSR count). The van der Waals surface area contributed by atoms with E-state index in [1.807, 2.05) is 32.0 Å². The lowest BCUT2D eigenvalue weighted by Gasteiger charge is -2.14. The summed E-state index contributed by atoms with van der Waals surface area (Å²) in [7, 11) is 1.73. The van der Waals surface area contributed by atoms with Crippen molar-refractivity contribution < 1.29 is 14.3 Å². The molecule has 0 unspecified atom stereocenters. The highest BCUT2D eigenvalue weighted by Gasteiger charge is 2.14. The highest BCUT2D eigenvalue weighted by atomic mass is 32.1. The lowest BCUT2D eigenvalue weighted by molar-refractivity contribution is 0.0802. The third-order valence-electron chi connectivity index (χ3n) is 4.08. The summed E-state index contributed by atoms with van der Waals surface area (Å²) >= 11 is 1.38. The van der Waals surface area contributed by atoms with Gasteiger partial charge in [-0.15, -0.1) is 0 Å². The number of hydrogen-bond donors (Lipinski definition) is 1. The molecule has 0 bridgehead atoms. The molecule has 0 saturated heterocycles. The van der Waals surface area contributed by atoms with Gasteiger partial charge in [-0.05, 0) is 50.2 Å². The molecule has 0 aliphatic rings. The van der Waals surface area contributed by atoms with E-state index in [1.54, 1.807) is 36.2 Å². The van der Waals surface area contributed by atoms with Crippen molar-refractivity contribution in [2.75, 3.05) is 25.5 Å². The molecule has 2 amide bonds. The van der Waals surface area contributed by atoms with E-state index in [4.69, 9.17) is 4.74 Å². The second-order valence-corrected chi connectivity index (χ2v) is 6.97. The van der Waals surface area contributed by atoms with Crippen LogP contribution in [0.2, 0.25) is 0 Å². The monoisotopic (exact) mass is 383 g/mol. The molecule has 2 aromatic carbocycles. The zero-order valence-corrected chi connectivity index (χ0v) is 16.3. The molecule has 0 spiro atoms. The Hall–Kier alpha value is -2.93. The summed E-state index contributed by atoms with van der Waals surface area (Å²) in [6.45, 7) is 5.03. The lowest BCUT2D eigenvalue weighted by atomic mass is 10.1. The van der Waals surface area contributed by atoms with Crippen LogP contribution in [0.15, 0.2) is 42.5 Å². The molecule has 1 N–H and O–H groups in total. The van der Waals surface area contributed by atoms with Gasteiger partial charge >= 0.3 is 0 Å². The van der Waals surface area contributed by atoms with Gasteiger partial charge in [0.25, 0.3) is 11.8 Å². The number of thiazole rings is 1. The molecular weight excluding hydrogens is 362 g/mol. The van der Waals surface area contributed by atoms with Gasteiger partial charge in [0, 0.05) is 24.7 Å². The fourth-order valence-electron chi connectivity index (χ4n) is 2.54. The number of nitrogens with one attached hydrogen (secondary N) is 1. The Labute approximate surface area is 161 Å². The van der Waals surface area contributed by atoms with E-state index in [0.717, 1.165) is 16.0 Å². The molecule has 140 valence electrons. The van der Waals surface area contributed by atoms with Crippen molar-refractivity contribution in [3.05, 3.63) is 53.6 Å². The second-order valence-electron chi connectivity index (χ2n) is 5.94. The number of hydrogen-bond acceptors (Lipinski definition) is 5. The summed E-state index contributed by atoms with van der Waals surface area (Å²) in [5, 5.41) is 3.32. The van der Waals surface area contributed by atoms with Crippen LogP contribution in [0.25, 0.3) is 10.2 Å². The quantitative estimate of drug-likeness (QED) is 0.697. The maximum absolute atomic E-state index is 12.6. The fourth-order valence-corrected chi connectivity index (χ4v) is 3.43. The lowest BCUT2D eigenvalue weighted by Crippen LogP contribution is -2.26. The number of benzene rings is 2. The first kappa shape index (κ1) is 18.8. The number of carbonyl (C=O) groups excluding carboxylic acids is 2. The van der Waals surface area contributed by atoms with E-state index < -0.39 is 0 Å². The van der Waals surface area contributed by atoms with Crippen molar-refractivity contribution in [3.63, 3.8) is 0 Å². The van der Waals surface area contributed by atoms with E-state index in [1.165, 1.54) is 11.3 Å². The Morgan fingerprint density at radius 1 is 1.15 bits per heavy atom. The SMILES string of the molecule is CCOc1ccc2nc(NC(=O)c3cccc(C(=O)N(C)CC)c3)sc2c1. The van der Waals surface area contributed by atoms with Gasteiger partial charge in [0.1, 0.15) is 5.75 Å². The molecule has 0 aliphatic carbocycles. The minimum atomic E-state index is -0.298. The van der Waals surface area contributed by atoms with Gasteiger partial charge in [0.15, 0.2) is 5.13 Å². The fraction of sp³-hybridized carbons (Fsp3) is 0.250. The first-order valence-electron chi connectivity index (χ1n) is 8.72. The Bertz CT molecular complexity index is 984. The van der Waals surface area contributed by atoms with Crippen LogP contribution in [-0.2, 0) is 0 Å². The second kappa shape index (κ2) is 8.18.